The summed E-state index contributed by atoms with van der Waals surface area (Å²) in [7, 11) is 7.25. The van der Waals surface area contributed by atoms with Gasteiger partial charge in [-0.05, 0) is 26.6 Å². The number of anilines is 2. The number of halogens is 2. The molecule has 5 heterocycles. The summed E-state index contributed by atoms with van der Waals surface area (Å²) in [5.41, 5.74) is 2.18. The van der Waals surface area contributed by atoms with Crippen LogP contribution in [-0.4, -0.2) is 75.8 Å². The zero-order valence-corrected chi connectivity index (χ0v) is 22.3. The molecule has 0 aliphatic carbocycles. The molecule has 1 atom stereocenters. The van der Waals surface area contributed by atoms with Crippen molar-refractivity contribution in [3.8, 4) is 11.1 Å². The van der Waals surface area contributed by atoms with E-state index < -0.39 is 23.0 Å². The van der Waals surface area contributed by atoms with E-state index >= 15 is 4.39 Å². The van der Waals surface area contributed by atoms with Crippen molar-refractivity contribution in [2.24, 2.45) is 7.05 Å². The number of carboxylic acids is 1. The Labute approximate surface area is 226 Å². The third-order valence-corrected chi connectivity index (χ3v) is 7.80. The minimum Gasteiger partial charge on any atom is -0.477 e. The monoisotopic (exact) mass is 547 g/mol. The molecule has 4 aromatic heterocycles. The number of nitrogens with one attached hydrogen (secondary N) is 2. The largest absolute Gasteiger partial charge is 0.477 e. The summed E-state index contributed by atoms with van der Waals surface area (Å²) in [6, 6.07) is 2.93. The number of rotatable bonds is 5. The molecule has 0 amide bonds. The van der Waals surface area contributed by atoms with E-state index in [1.54, 1.807) is 32.6 Å². The Morgan fingerprint density at radius 2 is 1.98 bits per heavy atom. The summed E-state index contributed by atoms with van der Waals surface area (Å²) in [6.07, 6.45) is 5.30. The molecular weight excluding hydrogens is 520 g/mol. The summed E-state index contributed by atoms with van der Waals surface area (Å²) in [6.45, 7) is 1.29. The molecule has 1 saturated heterocycles. The maximum atomic E-state index is 15.5. The fourth-order valence-corrected chi connectivity index (χ4v) is 5.71. The number of benzene rings is 1. The lowest BCUT2D eigenvalue weighted by molar-refractivity contribution is 0.0695. The van der Waals surface area contributed by atoms with Crippen molar-refractivity contribution >= 4 is 50.3 Å². The molecule has 0 spiro atoms. The van der Waals surface area contributed by atoms with Crippen LogP contribution in [-0.2, 0) is 7.05 Å². The number of pyridine rings is 3. The molecule has 206 valence electrons. The number of aromatic nitrogens is 4. The van der Waals surface area contributed by atoms with Crippen molar-refractivity contribution in [2.45, 2.75) is 12.5 Å². The van der Waals surface area contributed by atoms with Crippen LogP contribution < -0.4 is 15.6 Å². The van der Waals surface area contributed by atoms with Gasteiger partial charge in [-0.25, -0.2) is 23.5 Å². The summed E-state index contributed by atoms with van der Waals surface area (Å²) in [5.74, 6) is -3.31. The van der Waals surface area contributed by atoms with Gasteiger partial charge in [-0.2, -0.15) is 0 Å². The second kappa shape index (κ2) is 9.26. The van der Waals surface area contributed by atoms with Crippen LogP contribution in [0.1, 0.15) is 16.8 Å². The van der Waals surface area contributed by atoms with Crippen molar-refractivity contribution in [2.75, 3.05) is 44.4 Å². The SMILES string of the molecule is CNc1cc(F)c(F)c2c1[nH]c1ncc(-c3cnc4c(c3)c(=O)c(C(=O)O)cn4C)c(N3CCC(N(C)C)C3)c12. The standard InChI is InChI=1S/C28H27F2N7O3/c1-31-19-8-18(29)22(30)20-21-24(37-6-5-14(11-37)35(2)3)16(10-32-26(21)34-23(19)20)13-7-15-25(38)17(28(39)40)12-36(4)27(15)33-9-13/h7-10,12,14,31H,5-6,11H2,1-4H3,(H,32,34)(H,39,40). The number of aryl methyl sites for hydroxylation is 1. The van der Waals surface area contributed by atoms with Gasteiger partial charge >= 0.3 is 5.97 Å². The predicted octanol–water partition coefficient (Wildman–Crippen LogP) is 3.79. The molecule has 10 nitrogen and oxygen atoms in total. The highest BCUT2D eigenvalue weighted by molar-refractivity contribution is 6.18. The third-order valence-electron chi connectivity index (χ3n) is 7.80. The number of fused-ring (bicyclic) bond motifs is 4. The van der Waals surface area contributed by atoms with Gasteiger partial charge in [0.1, 0.15) is 16.9 Å². The second-order valence-corrected chi connectivity index (χ2v) is 10.3. The first-order valence-corrected chi connectivity index (χ1v) is 12.7. The van der Waals surface area contributed by atoms with Crippen molar-refractivity contribution < 1.29 is 18.7 Å². The van der Waals surface area contributed by atoms with Gasteiger partial charge in [0.25, 0.3) is 0 Å². The van der Waals surface area contributed by atoms with Crippen molar-refractivity contribution in [3.05, 3.63) is 58.1 Å². The molecule has 40 heavy (non-hydrogen) atoms. The second-order valence-electron chi connectivity index (χ2n) is 10.3. The topological polar surface area (TPSA) is 119 Å². The average Bonchev–Trinajstić information content (AvgIpc) is 3.58. The van der Waals surface area contributed by atoms with E-state index in [4.69, 9.17) is 0 Å². The lowest BCUT2D eigenvalue weighted by Crippen LogP contribution is -2.31. The van der Waals surface area contributed by atoms with E-state index in [1.807, 2.05) is 14.1 Å². The number of aromatic carboxylic acids is 1. The Hall–Kier alpha value is -4.58. The highest BCUT2D eigenvalue weighted by Gasteiger charge is 2.30. The number of carbonyl (C=O) groups is 1. The Balaban J connectivity index is 1.70. The van der Waals surface area contributed by atoms with Gasteiger partial charge in [0.05, 0.1) is 33.1 Å². The number of nitrogens with zero attached hydrogens (tertiary/aromatic N) is 5. The molecular formula is C28H27F2N7O3. The van der Waals surface area contributed by atoms with E-state index in [2.05, 4.69) is 30.1 Å². The average molecular weight is 548 g/mol. The van der Waals surface area contributed by atoms with Crippen LogP contribution in [0.3, 0.4) is 0 Å². The lowest BCUT2D eigenvalue weighted by Gasteiger charge is -2.25. The molecule has 0 radical (unpaired) electrons. The summed E-state index contributed by atoms with van der Waals surface area (Å²) >= 11 is 0. The molecule has 3 N–H and O–H groups in total. The first-order chi connectivity index (χ1) is 19.1. The summed E-state index contributed by atoms with van der Waals surface area (Å²) in [4.78, 5) is 41.3. The summed E-state index contributed by atoms with van der Waals surface area (Å²) < 4.78 is 31.8. The summed E-state index contributed by atoms with van der Waals surface area (Å²) in [5, 5.41) is 13.1. The van der Waals surface area contributed by atoms with Gasteiger partial charge in [0.15, 0.2) is 11.6 Å². The van der Waals surface area contributed by atoms with Gasteiger partial charge in [0, 0.05) is 69.0 Å². The minimum absolute atomic E-state index is 0.0785. The molecule has 5 aromatic rings. The molecule has 1 aromatic carbocycles. The predicted molar refractivity (Wildman–Crippen MR) is 150 cm³/mol. The van der Waals surface area contributed by atoms with E-state index in [9.17, 15) is 19.1 Å². The van der Waals surface area contributed by atoms with Gasteiger partial charge in [-0.1, -0.05) is 0 Å². The van der Waals surface area contributed by atoms with Crippen molar-refractivity contribution in [1.29, 1.82) is 0 Å². The van der Waals surface area contributed by atoms with Gasteiger partial charge in [0.2, 0.25) is 5.43 Å². The highest BCUT2D eigenvalue weighted by atomic mass is 19.2. The number of aromatic amines is 1. The Morgan fingerprint density at radius 1 is 1.20 bits per heavy atom. The fraction of sp³-hybridized carbons (Fsp3) is 0.286. The van der Waals surface area contributed by atoms with Crippen molar-refractivity contribution in [3.63, 3.8) is 0 Å². The first kappa shape index (κ1) is 25.7. The third kappa shape index (κ3) is 3.78. The van der Waals surface area contributed by atoms with E-state index in [-0.39, 0.29) is 22.4 Å². The molecule has 0 saturated carbocycles. The fourth-order valence-electron chi connectivity index (χ4n) is 5.71. The minimum atomic E-state index is -1.33. The molecule has 1 aliphatic heterocycles. The maximum absolute atomic E-state index is 15.5. The number of carboxylic acid groups (broad SMARTS) is 1. The van der Waals surface area contributed by atoms with Crippen LogP contribution >= 0.6 is 0 Å². The van der Waals surface area contributed by atoms with E-state index in [0.29, 0.717) is 57.8 Å². The Bertz CT molecular complexity index is 1910. The number of hydrogen-bond donors (Lipinski definition) is 3. The van der Waals surface area contributed by atoms with Crippen LogP contribution in [0, 0.1) is 11.6 Å². The van der Waals surface area contributed by atoms with Gasteiger partial charge < -0.3 is 29.8 Å². The number of hydrogen-bond acceptors (Lipinski definition) is 7. The van der Waals surface area contributed by atoms with E-state index in [0.717, 1.165) is 12.5 Å². The van der Waals surface area contributed by atoms with Gasteiger partial charge in [-0.15, -0.1) is 0 Å². The number of likely N-dealkylation sites (N-methyl/N-ethyl adjacent to an activating group) is 1. The zero-order chi connectivity index (χ0) is 28.5. The normalized spacial score (nSPS) is 15.7. The van der Waals surface area contributed by atoms with Crippen LogP contribution in [0.2, 0.25) is 0 Å². The van der Waals surface area contributed by atoms with Crippen LogP contribution in [0.15, 0.2) is 35.5 Å². The smallest absolute Gasteiger partial charge is 0.341 e. The molecule has 1 aliphatic rings. The lowest BCUT2D eigenvalue weighted by atomic mass is 10.0. The zero-order valence-electron chi connectivity index (χ0n) is 22.3. The molecule has 12 heteroatoms. The van der Waals surface area contributed by atoms with Crippen molar-refractivity contribution in [1.82, 2.24) is 24.4 Å². The van der Waals surface area contributed by atoms with Crippen LogP contribution in [0.4, 0.5) is 20.2 Å². The van der Waals surface area contributed by atoms with Crippen LogP contribution in [0.25, 0.3) is 44.1 Å². The molecule has 6 rings (SSSR count). The maximum Gasteiger partial charge on any atom is 0.341 e. The Kier molecular flexibility index (Phi) is 5.95. The first-order valence-electron chi connectivity index (χ1n) is 12.7. The molecule has 1 unspecified atom stereocenters. The quantitative estimate of drug-likeness (QED) is 0.304. The van der Waals surface area contributed by atoms with Gasteiger partial charge in [-0.3, -0.25) is 4.79 Å². The Morgan fingerprint density at radius 3 is 2.65 bits per heavy atom. The highest BCUT2D eigenvalue weighted by Crippen LogP contribution is 2.44. The molecule has 0 bridgehead atoms. The van der Waals surface area contributed by atoms with Crippen LogP contribution in [0.5, 0.6) is 0 Å². The van der Waals surface area contributed by atoms with E-state index in [1.165, 1.54) is 10.8 Å². The number of H-pyrrole nitrogens is 1. The molecule has 1 fully saturated rings.